The van der Waals surface area contributed by atoms with Crippen LogP contribution in [0.1, 0.15) is 36.5 Å². The van der Waals surface area contributed by atoms with Gasteiger partial charge >= 0.3 is 0 Å². The average molecular weight is 366 g/mol. The highest BCUT2D eigenvalue weighted by Crippen LogP contribution is 2.24. The number of carbonyl (C=O) groups excluding carboxylic acids is 2. The molecule has 142 valence electrons. The van der Waals surface area contributed by atoms with Gasteiger partial charge in [0.05, 0.1) is 0 Å². The van der Waals surface area contributed by atoms with Crippen LogP contribution in [-0.4, -0.2) is 36.3 Å². The first-order chi connectivity index (χ1) is 13.2. The van der Waals surface area contributed by atoms with Crippen LogP contribution in [0.5, 0.6) is 11.5 Å². The van der Waals surface area contributed by atoms with E-state index >= 15 is 0 Å². The molecule has 2 aromatic rings. The second-order valence-corrected chi connectivity index (χ2v) is 6.80. The molecule has 1 heterocycles. The van der Waals surface area contributed by atoms with E-state index in [1.54, 1.807) is 12.1 Å². The first-order valence-corrected chi connectivity index (χ1v) is 9.57. The second kappa shape index (κ2) is 9.21. The third-order valence-corrected chi connectivity index (χ3v) is 4.76. The van der Waals surface area contributed by atoms with Gasteiger partial charge in [0, 0.05) is 31.1 Å². The molecule has 5 nitrogen and oxygen atoms in total. The molecule has 3 rings (SSSR count). The number of hydrogen-bond donors (Lipinski definition) is 1. The van der Waals surface area contributed by atoms with Gasteiger partial charge in [-0.25, -0.2) is 0 Å². The van der Waals surface area contributed by atoms with E-state index in [9.17, 15) is 9.59 Å². The van der Waals surface area contributed by atoms with E-state index in [1.807, 2.05) is 54.3 Å². The highest BCUT2D eigenvalue weighted by molar-refractivity contribution is 5.94. The number of ether oxygens (including phenoxy) is 1. The minimum atomic E-state index is -0.0130. The highest BCUT2D eigenvalue weighted by Gasteiger charge is 2.27. The number of nitrogens with one attached hydrogen (secondary N) is 1. The fourth-order valence-corrected chi connectivity index (χ4v) is 3.24. The Hall–Kier alpha value is -2.82. The number of para-hydroxylation sites is 1. The summed E-state index contributed by atoms with van der Waals surface area (Å²) >= 11 is 0. The van der Waals surface area contributed by atoms with Gasteiger partial charge in [-0.15, -0.1) is 0 Å². The van der Waals surface area contributed by atoms with Crippen molar-refractivity contribution in [3.8, 4) is 11.5 Å². The lowest BCUT2D eigenvalue weighted by Crippen LogP contribution is -2.43. The maximum atomic E-state index is 12.8. The van der Waals surface area contributed by atoms with Gasteiger partial charge < -0.3 is 15.0 Å². The predicted octanol–water partition coefficient (Wildman–Crippen LogP) is 3.86. The Kier molecular flexibility index (Phi) is 6.47. The summed E-state index contributed by atoms with van der Waals surface area (Å²) in [5.41, 5.74) is 0.609. The van der Waals surface area contributed by atoms with Gasteiger partial charge in [-0.3, -0.25) is 9.59 Å². The van der Waals surface area contributed by atoms with Gasteiger partial charge in [0.2, 0.25) is 5.91 Å². The van der Waals surface area contributed by atoms with Crippen LogP contribution in [-0.2, 0) is 4.79 Å². The van der Waals surface area contributed by atoms with Crippen molar-refractivity contribution >= 4 is 11.8 Å². The van der Waals surface area contributed by atoms with E-state index in [4.69, 9.17) is 4.74 Å². The molecule has 27 heavy (non-hydrogen) atoms. The van der Waals surface area contributed by atoms with Crippen LogP contribution in [0.15, 0.2) is 54.6 Å². The van der Waals surface area contributed by atoms with E-state index in [0.717, 1.165) is 12.2 Å². The monoisotopic (exact) mass is 366 g/mol. The lowest BCUT2D eigenvalue weighted by Gasteiger charge is -2.31. The van der Waals surface area contributed by atoms with E-state index < -0.39 is 0 Å². The summed E-state index contributed by atoms with van der Waals surface area (Å²) in [7, 11) is 0. The molecule has 1 aliphatic heterocycles. The topological polar surface area (TPSA) is 58.6 Å². The van der Waals surface area contributed by atoms with Crippen LogP contribution < -0.4 is 10.1 Å². The molecule has 1 saturated heterocycles. The van der Waals surface area contributed by atoms with Crippen molar-refractivity contribution in [2.45, 2.75) is 26.2 Å². The van der Waals surface area contributed by atoms with E-state index in [-0.39, 0.29) is 17.7 Å². The van der Waals surface area contributed by atoms with Crippen molar-refractivity contribution < 1.29 is 14.3 Å². The van der Waals surface area contributed by atoms with Crippen molar-refractivity contribution in [3.05, 3.63) is 60.2 Å². The smallest absolute Gasteiger partial charge is 0.253 e. The Labute approximate surface area is 160 Å². The maximum absolute atomic E-state index is 12.8. The number of likely N-dealkylation sites (tertiary alicyclic amines) is 1. The summed E-state index contributed by atoms with van der Waals surface area (Å²) < 4.78 is 5.82. The molecule has 0 saturated carbocycles. The molecule has 2 aromatic carbocycles. The molecule has 1 N–H and O–H groups in total. The Balaban J connectivity index is 1.58. The zero-order chi connectivity index (χ0) is 19.1. The fraction of sp³-hybridized carbons (Fsp3) is 0.364. The first-order valence-electron chi connectivity index (χ1n) is 9.57. The predicted molar refractivity (Wildman–Crippen MR) is 105 cm³/mol. The summed E-state index contributed by atoms with van der Waals surface area (Å²) in [6.07, 6.45) is 2.35. The minimum absolute atomic E-state index is 0.00773. The lowest BCUT2D eigenvalue weighted by molar-refractivity contribution is -0.126. The molecule has 0 aromatic heterocycles. The molecular formula is C22H26N2O3. The average Bonchev–Trinajstić information content (AvgIpc) is 2.72. The zero-order valence-electron chi connectivity index (χ0n) is 15.7. The Morgan fingerprint density at radius 2 is 1.74 bits per heavy atom. The van der Waals surface area contributed by atoms with Gasteiger partial charge in [-0.1, -0.05) is 31.2 Å². The lowest BCUT2D eigenvalue weighted by atomic mass is 9.95. The summed E-state index contributed by atoms with van der Waals surface area (Å²) in [5, 5.41) is 2.95. The molecule has 1 aliphatic rings. The highest BCUT2D eigenvalue weighted by atomic mass is 16.5. The van der Waals surface area contributed by atoms with Crippen LogP contribution in [0.3, 0.4) is 0 Å². The van der Waals surface area contributed by atoms with Crippen LogP contribution in [0.4, 0.5) is 0 Å². The van der Waals surface area contributed by atoms with E-state index in [1.165, 1.54) is 0 Å². The van der Waals surface area contributed by atoms with Gasteiger partial charge in [0.15, 0.2) is 0 Å². The molecule has 5 heteroatoms. The molecule has 0 bridgehead atoms. The number of carbonyl (C=O) groups is 2. The normalized spacial score (nSPS) is 14.6. The molecular weight excluding hydrogens is 340 g/mol. The number of hydrogen-bond acceptors (Lipinski definition) is 3. The third-order valence-electron chi connectivity index (χ3n) is 4.76. The number of rotatable bonds is 6. The van der Waals surface area contributed by atoms with Crippen molar-refractivity contribution in [1.29, 1.82) is 0 Å². The number of piperidine rings is 1. The first kappa shape index (κ1) is 19.0. The maximum Gasteiger partial charge on any atom is 0.253 e. The van der Waals surface area contributed by atoms with Gasteiger partial charge in [-0.05, 0) is 49.6 Å². The van der Waals surface area contributed by atoms with E-state index in [0.29, 0.717) is 43.8 Å². The third kappa shape index (κ3) is 5.09. The number of nitrogens with zero attached hydrogens (tertiary/aromatic N) is 1. The van der Waals surface area contributed by atoms with Gasteiger partial charge in [0.1, 0.15) is 11.5 Å². The van der Waals surface area contributed by atoms with Crippen molar-refractivity contribution in [3.63, 3.8) is 0 Å². The van der Waals surface area contributed by atoms with Crippen molar-refractivity contribution in [2.24, 2.45) is 5.92 Å². The van der Waals surface area contributed by atoms with Crippen LogP contribution in [0, 0.1) is 5.92 Å². The van der Waals surface area contributed by atoms with Gasteiger partial charge in [-0.2, -0.15) is 0 Å². The molecule has 0 spiro atoms. The summed E-state index contributed by atoms with van der Waals surface area (Å²) in [6, 6.07) is 16.8. The van der Waals surface area contributed by atoms with E-state index in [2.05, 4.69) is 5.32 Å². The quantitative estimate of drug-likeness (QED) is 0.845. The molecule has 2 amide bonds. The molecule has 0 radical (unpaired) electrons. The van der Waals surface area contributed by atoms with Crippen molar-refractivity contribution in [1.82, 2.24) is 10.2 Å². The Bertz CT molecular complexity index is 768. The van der Waals surface area contributed by atoms with Gasteiger partial charge in [0.25, 0.3) is 5.91 Å². The summed E-state index contributed by atoms with van der Waals surface area (Å²) in [6.45, 7) is 3.96. The molecule has 0 aliphatic carbocycles. The fourth-order valence-electron chi connectivity index (χ4n) is 3.24. The Morgan fingerprint density at radius 3 is 2.44 bits per heavy atom. The van der Waals surface area contributed by atoms with Crippen LogP contribution in [0.2, 0.25) is 0 Å². The number of benzene rings is 2. The standard InChI is InChI=1S/C22H26N2O3/c1-2-13-23-21(25)17-11-14-24(15-12-17)22(26)18-7-6-10-20(16-18)27-19-8-4-3-5-9-19/h3-10,16-17H,2,11-15H2,1H3,(H,23,25). The van der Waals surface area contributed by atoms with Crippen LogP contribution >= 0.6 is 0 Å². The zero-order valence-corrected chi connectivity index (χ0v) is 15.7. The van der Waals surface area contributed by atoms with Crippen LogP contribution in [0.25, 0.3) is 0 Å². The summed E-state index contributed by atoms with van der Waals surface area (Å²) in [5.74, 6) is 1.48. The molecule has 1 fully saturated rings. The molecule has 0 atom stereocenters. The second-order valence-electron chi connectivity index (χ2n) is 6.80. The largest absolute Gasteiger partial charge is 0.457 e. The number of amides is 2. The molecule has 0 unspecified atom stereocenters. The summed E-state index contributed by atoms with van der Waals surface area (Å²) in [4.78, 5) is 26.7. The SMILES string of the molecule is CCCNC(=O)C1CCN(C(=O)c2cccc(Oc3ccccc3)c2)CC1. The Morgan fingerprint density at radius 1 is 1.04 bits per heavy atom. The minimum Gasteiger partial charge on any atom is -0.457 e. The van der Waals surface area contributed by atoms with Crippen molar-refractivity contribution in [2.75, 3.05) is 19.6 Å².